The van der Waals surface area contributed by atoms with E-state index in [2.05, 4.69) is 10.5 Å². The van der Waals surface area contributed by atoms with E-state index in [4.69, 9.17) is 0 Å². The summed E-state index contributed by atoms with van der Waals surface area (Å²) in [6.45, 7) is 1.90. The summed E-state index contributed by atoms with van der Waals surface area (Å²) in [5, 5.41) is 4.65. The molecule has 1 heterocycles. The number of nitrogens with one attached hydrogen (secondary N) is 1. The lowest BCUT2D eigenvalue weighted by molar-refractivity contribution is -0.139. The number of nitrogens with zero attached hydrogens (tertiary/aromatic N) is 2. The minimum Gasteiger partial charge on any atom is -0.273 e. The van der Waals surface area contributed by atoms with E-state index in [1.54, 1.807) is 0 Å². The van der Waals surface area contributed by atoms with Crippen LogP contribution in [0.5, 0.6) is 0 Å². The summed E-state index contributed by atoms with van der Waals surface area (Å²) < 4.78 is 0. The molecule has 1 N–H and O–H groups in total. The van der Waals surface area contributed by atoms with Crippen LogP contribution in [-0.2, 0) is 9.59 Å². The third kappa shape index (κ3) is 2.05. The first-order valence-electron chi connectivity index (χ1n) is 3.89. The average molecular weight is 169 g/mol. The lowest BCUT2D eigenvalue weighted by Crippen LogP contribution is -2.39. The molecule has 5 nitrogen and oxygen atoms in total. The van der Waals surface area contributed by atoms with Crippen molar-refractivity contribution in [1.29, 1.82) is 0 Å². The molecule has 0 radical (unpaired) electrons. The van der Waals surface area contributed by atoms with E-state index >= 15 is 0 Å². The molecule has 0 spiro atoms. The van der Waals surface area contributed by atoms with Crippen molar-refractivity contribution in [3.05, 3.63) is 0 Å². The van der Waals surface area contributed by atoms with Crippen molar-refractivity contribution in [2.45, 2.75) is 26.2 Å². The molecular formula is C7H11N3O2. The zero-order chi connectivity index (χ0) is 8.97. The van der Waals surface area contributed by atoms with Crippen LogP contribution in [0.1, 0.15) is 26.2 Å². The number of amides is 2. The van der Waals surface area contributed by atoms with E-state index in [1.165, 1.54) is 6.21 Å². The van der Waals surface area contributed by atoms with E-state index in [0.717, 1.165) is 11.5 Å². The summed E-state index contributed by atoms with van der Waals surface area (Å²) in [4.78, 5) is 21.9. The van der Waals surface area contributed by atoms with Gasteiger partial charge in [-0.2, -0.15) is 5.10 Å². The minimum absolute atomic E-state index is 0.176. The predicted molar refractivity (Wildman–Crippen MR) is 43.0 cm³/mol. The van der Waals surface area contributed by atoms with Crippen LogP contribution < -0.4 is 5.43 Å². The van der Waals surface area contributed by atoms with Crippen molar-refractivity contribution < 1.29 is 9.59 Å². The molecule has 0 fully saturated rings. The monoisotopic (exact) mass is 169 g/mol. The van der Waals surface area contributed by atoms with Gasteiger partial charge in [-0.1, -0.05) is 6.92 Å². The van der Waals surface area contributed by atoms with E-state index in [0.29, 0.717) is 6.42 Å². The third-order valence-electron chi connectivity index (χ3n) is 1.41. The number of hydrazine groups is 1. The van der Waals surface area contributed by atoms with Gasteiger partial charge >= 0.3 is 0 Å². The standard InChI is InChI=1S/C7H11N3O2/c1-2-3-6(11)9-10-7(12)4-5-8-10/h5H,2-4H2,1H3,(H,9,11). The largest absolute Gasteiger partial charge is 0.273 e. The molecule has 66 valence electrons. The zero-order valence-corrected chi connectivity index (χ0v) is 6.91. The van der Waals surface area contributed by atoms with Gasteiger partial charge in [0.05, 0.1) is 6.42 Å². The molecule has 1 rings (SSSR count). The van der Waals surface area contributed by atoms with E-state index in [1.807, 2.05) is 6.92 Å². The molecule has 5 heteroatoms. The van der Waals surface area contributed by atoms with Gasteiger partial charge in [-0.15, -0.1) is 5.12 Å². The Bertz CT molecular complexity index is 225. The second kappa shape index (κ2) is 3.85. The second-order valence-corrected chi connectivity index (χ2v) is 2.49. The lowest BCUT2D eigenvalue weighted by Gasteiger charge is -2.11. The van der Waals surface area contributed by atoms with Crippen molar-refractivity contribution >= 4 is 18.0 Å². The Morgan fingerprint density at radius 1 is 1.83 bits per heavy atom. The lowest BCUT2D eigenvalue weighted by atomic mass is 10.3. The summed E-state index contributed by atoms with van der Waals surface area (Å²) in [6.07, 6.45) is 2.91. The number of carbonyl (C=O) groups excluding carboxylic acids is 2. The topological polar surface area (TPSA) is 61.8 Å². The molecule has 0 aromatic rings. The average Bonchev–Trinajstić information content (AvgIpc) is 2.37. The molecular weight excluding hydrogens is 158 g/mol. The molecule has 0 unspecified atom stereocenters. The molecule has 12 heavy (non-hydrogen) atoms. The molecule has 0 saturated heterocycles. The predicted octanol–water partition coefficient (Wildman–Crippen LogP) is 0.0358. The Labute approximate surface area is 70.4 Å². The van der Waals surface area contributed by atoms with Crippen molar-refractivity contribution in [3.8, 4) is 0 Å². The van der Waals surface area contributed by atoms with Gasteiger partial charge in [0.15, 0.2) is 0 Å². The Morgan fingerprint density at radius 2 is 2.58 bits per heavy atom. The first-order chi connectivity index (χ1) is 5.74. The van der Waals surface area contributed by atoms with Crippen LogP contribution in [0.2, 0.25) is 0 Å². The summed E-state index contributed by atoms with van der Waals surface area (Å²) in [7, 11) is 0. The van der Waals surface area contributed by atoms with Gasteiger partial charge in [0.25, 0.3) is 5.91 Å². The summed E-state index contributed by atoms with van der Waals surface area (Å²) in [6, 6.07) is 0. The highest BCUT2D eigenvalue weighted by molar-refractivity contribution is 5.94. The third-order valence-corrected chi connectivity index (χ3v) is 1.41. The molecule has 1 aliphatic heterocycles. The van der Waals surface area contributed by atoms with Crippen LogP contribution in [0, 0.1) is 0 Å². The second-order valence-electron chi connectivity index (χ2n) is 2.49. The Morgan fingerprint density at radius 3 is 3.08 bits per heavy atom. The maximum absolute atomic E-state index is 11.0. The van der Waals surface area contributed by atoms with E-state index < -0.39 is 0 Å². The molecule has 0 atom stereocenters. The SMILES string of the molecule is CCCC(=O)NN1N=CCC1=O. The van der Waals surface area contributed by atoms with Gasteiger partial charge in [0, 0.05) is 12.6 Å². The first kappa shape index (κ1) is 8.70. The quantitative estimate of drug-likeness (QED) is 0.648. The van der Waals surface area contributed by atoms with E-state index in [-0.39, 0.29) is 18.2 Å². The number of rotatable bonds is 3. The maximum Gasteiger partial charge on any atom is 0.267 e. The van der Waals surface area contributed by atoms with Crippen LogP contribution in [-0.4, -0.2) is 23.1 Å². The number of carbonyl (C=O) groups is 2. The van der Waals surface area contributed by atoms with Gasteiger partial charge in [-0.3, -0.25) is 9.59 Å². The highest BCUT2D eigenvalue weighted by Crippen LogP contribution is 1.98. The fourth-order valence-corrected chi connectivity index (χ4v) is 0.844. The van der Waals surface area contributed by atoms with Gasteiger partial charge < -0.3 is 0 Å². The minimum atomic E-state index is -0.195. The Balaban J connectivity index is 2.35. The molecule has 0 saturated carbocycles. The Hall–Kier alpha value is -1.39. The van der Waals surface area contributed by atoms with Crippen LogP contribution in [0.25, 0.3) is 0 Å². The molecule has 0 aromatic heterocycles. The molecule has 0 bridgehead atoms. The molecule has 2 amide bonds. The number of hydrazone groups is 1. The molecule has 1 aliphatic rings. The summed E-state index contributed by atoms with van der Waals surface area (Å²) in [5.74, 6) is -0.371. The zero-order valence-electron chi connectivity index (χ0n) is 6.91. The van der Waals surface area contributed by atoms with Gasteiger partial charge in [0.1, 0.15) is 0 Å². The normalized spacial score (nSPS) is 15.4. The van der Waals surface area contributed by atoms with Crippen LogP contribution in [0.4, 0.5) is 0 Å². The van der Waals surface area contributed by atoms with Crippen molar-refractivity contribution in [1.82, 2.24) is 10.5 Å². The fraction of sp³-hybridized carbons (Fsp3) is 0.571. The Kier molecular flexibility index (Phi) is 2.79. The van der Waals surface area contributed by atoms with Crippen LogP contribution in [0.3, 0.4) is 0 Å². The van der Waals surface area contributed by atoms with Crippen molar-refractivity contribution in [3.63, 3.8) is 0 Å². The van der Waals surface area contributed by atoms with Crippen LogP contribution >= 0.6 is 0 Å². The highest BCUT2D eigenvalue weighted by Gasteiger charge is 2.17. The summed E-state index contributed by atoms with van der Waals surface area (Å²) >= 11 is 0. The number of hydrogen-bond acceptors (Lipinski definition) is 3. The van der Waals surface area contributed by atoms with Crippen molar-refractivity contribution in [2.75, 3.05) is 0 Å². The maximum atomic E-state index is 11.0. The molecule has 0 aromatic carbocycles. The van der Waals surface area contributed by atoms with E-state index in [9.17, 15) is 9.59 Å². The molecule has 0 aliphatic carbocycles. The summed E-state index contributed by atoms with van der Waals surface area (Å²) in [5.41, 5.74) is 2.38. The smallest absolute Gasteiger partial charge is 0.267 e. The van der Waals surface area contributed by atoms with Gasteiger partial charge in [-0.05, 0) is 6.42 Å². The highest BCUT2D eigenvalue weighted by atomic mass is 16.2. The van der Waals surface area contributed by atoms with Gasteiger partial charge in [-0.25, -0.2) is 5.43 Å². The fourth-order valence-electron chi connectivity index (χ4n) is 0.844. The van der Waals surface area contributed by atoms with Crippen LogP contribution in [0.15, 0.2) is 5.10 Å². The number of hydrogen-bond donors (Lipinski definition) is 1. The van der Waals surface area contributed by atoms with Crippen molar-refractivity contribution in [2.24, 2.45) is 5.10 Å². The van der Waals surface area contributed by atoms with Gasteiger partial charge in [0.2, 0.25) is 5.91 Å². The first-order valence-corrected chi connectivity index (χ1v) is 3.89.